The standard InChI is InChI=1S/C18H25N3O3/c1-17(11-22)9-21(10-18(17,2)12-23)16(24)19-14-5-4-13-6-7-20(3)15(13)8-14/h4-8,22-23H,9-12H2,1-3H3,(H,19,24)/t17-,18+. The van der Waals surface area contributed by atoms with E-state index in [-0.39, 0.29) is 19.2 Å². The number of nitrogens with one attached hydrogen (secondary N) is 1. The highest BCUT2D eigenvalue weighted by Gasteiger charge is 2.52. The summed E-state index contributed by atoms with van der Waals surface area (Å²) in [5, 5.41) is 23.5. The Labute approximate surface area is 141 Å². The second kappa shape index (κ2) is 5.79. The number of benzene rings is 1. The van der Waals surface area contributed by atoms with Crippen molar-refractivity contribution >= 4 is 22.6 Å². The first kappa shape index (κ1) is 16.8. The SMILES string of the molecule is Cn1ccc2ccc(NC(=O)N3C[C@](C)(CO)[C@](C)(CO)C3)cc21. The lowest BCUT2D eigenvalue weighted by atomic mass is 9.69. The van der Waals surface area contributed by atoms with Gasteiger partial charge in [0, 0.05) is 48.4 Å². The van der Waals surface area contributed by atoms with Gasteiger partial charge in [-0.05, 0) is 23.6 Å². The van der Waals surface area contributed by atoms with Crippen molar-refractivity contribution in [2.24, 2.45) is 17.9 Å². The van der Waals surface area contributed by atoms with Gasteiger partial charge in [-0.3, -0.25) is 0 Å². The number of hydrogen-bond acceptors (Lipinski definition) is 3. The summed E-state index contributed by atoms with van der Waals surface area (Å²) < 4.78 is 2.01. The van der Waals surface area contributed by atoms with Gasteiger partial charge in [-0.15, -0.1) is 0 Å². The predicted octanol–water partition coefficient (Wildman–Crippen LogP) is 2.02. The number of likely N-dealkylation sites (tertiary alicyclic amines) is 1. The number of aliphatic hydroxyl groups is 2. The van der Waals surface area contributed by atoms with Crippen LogP contribution < -0.4 is 5.32 Å². The summed E-state index contributed by atoms with van der Waals surface area (Å²) >= 11 is 0. The molecule has 1 fully saturated rings. The van der Waals surface area contributed by atoms with Crippen molar-refractivity contribution in [1.82, 2.24) is 9.47 Å². The molecule has 130 valence electrons. The Hall–Kier alpha value is -2.05. The van der Waals surface area contributed by atoms with Crippen LogP contribution in [0, 0.1) is 10.8 Å². The first-order valence-corrected chi connectivity index (χ1v) is 8.15. The fourth-order valence-corrected chi connectivity index (χ4v) is 3.45. The average Bonchev–Trinajstić information content (AvgIpc) is 3.07. The first-order chi connectivity index (χ1) is 11.3. The Morgan fingerprint density at radius 1 is 1.17 bits per heavy atom. The summed E-state index contributed by atoms with van der Waals surface area (Å²) in [5.74, 6) is 0. The highest BCUT2D eigenvalue weighted by atomic mass is 16.3. The highest BCUT2D eigenvalue weighted by molar-refractivity contribution is 5.93. The fraction of sp³-hybridized carbons (Fsp3) is 0.500. The van der Waals surface area contributed by atoms with Crippen LogP contribution in [0.25, 0.3) is 10.9 Å². The van der Waals surface area contributed by atoms with E-state index in [9.17, 15) is 15.0 Å². The fourth-order valence-electron chi connectivity index (χ4n) is 3.45. The van der Waals surface area contributed by atoms with E-state index >= 15 is 0 Å². The van der Waals surface area contributed by atoms with Crippen LogP contribution in [0.1, 0.15) is 13.8 Å². The molecule has 1 aromatic carbocycles. The van der Waals surface area contributed by atoms with E-state index in [2.05, 4.69) is 5.32 Å². The molecule has 0 aliphatic carbocycles. The van der Waals surface area contributed by atoms with Crippen LogP contribution in [0.2, 0.25) is 0 Å². The minimum Gasteiger partial charge on any atom is -0.396 e. The molecule has 2 amide bonds. The van der Waals surface area contributed by atoms with Crippen molar-refractivity contribution in [3.8, 4) is 0 Å². The molecule has 1 aliphatic rings. The largest absolute Gasteiger partial charge is 0.396 e. The van der Waals surface area contributed by atoms with Crippen LogP contribution in [0.5, 0.6) is 0 Å². The number of aliphatic hydroxyl groups excluding tert-OH is 2. The summed E-state index contributed by atoms with van der Waals surface area (Å²) in [5.41, 5.74) is 0.759. The smallest absolute Gasteiger partial charge is 0.321 e. The third kappa shape index (κ3) is 2.56. The number of nitrogens with zero attached hydrogens (tertiary/aromatic N) is 2. The highest BCUT2D eigenvalue weighted by Crippen LogP contribution is 2.45. The van der Waals surface area contributed by atoms with Gasteiger partial charge in [0.2, 0.25) is 0 Å². The number of amides is 2. The van der Waals surface area contributed by atoms with E-state index in [0.717, 1.165) is 16.6 Å². The lowest BCUT2D eigenvalue weighted by Gasteiger charge is -2.36. The summed E-state index contributed by atoms with van der Waals surface area (Å²) in [6, 6.07) is 7.62. The molecule has 2 aromatic rings. The van der Waals surface area contributed by atoms with Crippen molar-refractivity contribution in [3.63, 3.8) is 0 Å². The molecule has 24 heavy (non-hydrogen) atoms. The first-order valence-electron chi connectivity index (χ1n) is 8.15. The minimum atomic E-state index is -0.513. The normalized spacial score (nSPS) is 27.0. The van der Waals surface area contributed by atoms with Crippen LogP contribution in [-0.4, -0.2) is 52.0 Å². The molecule has 2 heterocycles. The topological polar surface area (TPSA) is 77.7 Å². The van der Waals surface area contributed by atoms with E-state index in [0.29, 0.717) is 13.1 Å². The Balaban J connectivity index is 1.78. The zero-order valence-electron chi connectivity index (χ0n) is 14.4. The van der Waals surface area contributed by atoms with Gasteiger partial charge < -0.3 is 25.0 Å². The van der Waals surface area contributed by atoms with E-state index < -0.39 is 10.8 Å². The van der Waals surface area contributed by atoms with E-state index in [4.69, 9.17) is 0 Å². The molecule has 6 nitrogen and oxygen atoms in total. The van der Waals surface area contributed by atoms with Crippen LogP contribution in [0.4, 0.5) is 10.5 Å². The number of urea groups is 1. The Morgan fingerprint density at radius 3 is 2.38 bits per heavy atom. The Kier molecular flexibility index (Phi) is 4.05. The van der Waals surface area contributed by atoms with Crippen molar-refractivity contribution in [2.75, 3.05) is 31.6 Å². The van der Waals surface area contributed by atoms with Crippen LogP contribution in [0.15, 0.2) is 30.5 Å². The summed E-state index contributed by atoms with van der Waals surface area (Å²) in [6.07, 6.45) is 1.98. The quantitative estimate of drug-likeness (QED) is 0.805. The number of fused-ring (bicyclic) bond motifs is 1. The molecule has 0 unspecified atom stereocenters. The molecular formula is C18H25N3O3. The Bertz CT molecular complexity index is 754. The molecule has 0 saturated carbocycles. The van der Waals surface area contributed by atoms with Crippen molar-refractivity contribution in [2.45, 2.75) is 13.8 Å². The van der Waals surface area contributed by atoms with Gasteiger partial charge in [0.25, 0.3) is 0 Å². The predicted molar refractivity (Wildman–Crippen MR) is 93.9 cm³/mol. The second-order valence-corrected chi connectivity index (χ2v) is 7.42. The molecule has 2 atom stereocenters. The number of anilines is 1. The number of aryl methyl sites for hydroxylation is 1. The van der Waals surface area contributed by atoms with Crippen LogP contribution in [0.3, 0.4) is 0 Å². The van der Waals surface area contributed by atoms with E-state index in [1.807, 2.05) is 55.9 Å². The van der Waals surface area contributed by atoms with Gasteiger partial charge in [0.1, 0.15) is 0 Å². The van der Waals surface area contributed by atoms with Gasteiger partial charge in [0.05, 0.1) is 13.2 Å². The van der Waals surface area contributed by atoms with Gasteiger partial charge in [-0.2, -0.15) is 0 Å². The maximum Gasteiger partial charge on any atom is 0.321 e. The molecular weight excluding hydrogens is 306 g/mol. The van der Waals surface area contributed by atoms with E-state index in [1.54, 1.807) is 4.90 Å². The molecule has 1 saturated heterocycles. The van der Waals surface area contributed by atoms with Crippen LogP contribution in [-0.2, 0) is 7.05 Å². The molecule has 1 aliphatic heterocycles. The monoisotopic (exact) mass is 331 g/mol. The molecule has 0 spiro atoms. The summed E-state index contributed by atoms with van der Waals surface area (Å²) in [6.45, 7) is 4.52. The second-order valence-electron chi connectivity index (χ2n) is 7.42. The van der Waals surface area contributed by atoms with Crippen molar-refractivity contribution in [3.05, 3.63) is 30.5 Å². The van der Waals surface area contributed by atoms with E-state index in [1.165, 1.54) is 0 Å². The molecule has 0 radical (unpaired) electrons. The summed E-state index contributed by atoms with van der Waals surface area (Å²) in [7, 11) is 1.97. The van der Waals surface area contributed by atoms with Crippen molar-refractivity contribution < 1.29 is 15.0 Å². The molecule has 1 aromatic heterocycles. The lowest BCUT2D eigenvalue weighted by molar-refractivity contribution is 0.00976. The van der Waals surface area contributed by atoms with Crippen LogP contribution >= 0.6 is 0 Å². The zero-order valence-corrected chi connectivity index (χ0v) is 14.4. The average molecular weight is 331 g/mol. The Morgan fingerprint density at radius 2 is 1.79 bits per heavy atom. The number of rotatable bonds is 3. The maximum absolute atomic E-state index is 12.6. The number of carbonyl (C=O) groups excluding carboxylic acids is 1. The minimum absolute atomic E-state index is 0.0663. The number of aromatic nitrogens is 1. The van der Waals surface area contributed by atoms with Gasteiger partial charge in [0.15, 0.2) is 0 Å². The van der Waals surface area contributed by atoms with Gasteiger partial charge in [-0.1, -0.05) is 19.9 Å². The maximum atomic E-state index is 12.6. The van der Waals surface area contributed by atoms with Gasteiger partial charge in [-0.25, -0.2) is 4.79 Å². The molecule has 3 rings (SSSR count). The van der Waals surface area contributed by atoms with Gasteiger partial charge >= 0.3 is 6.03 Å². The molecule has 0 bridgehead atoms. The lowest BCUT2D eigenvalue weighted by Crippen LogP contribution is -2.41. The summed E-state index contributed by atoms with van der Waals surface area (Å²) in [4.78, 5) is 14.3. The number of carbonyl (C=O) groups is 1. The third-order valence-corrected chi connectivity index (χ3v) is 5.66. The van der Waals surface area contributed by atoms with Crippen molar-refractivity contribution in [1.29, 1.82) is 0 Å². The zero-order chi connectivity index (χ0) is 17.5. The third-order valence-electron chi connectivity index (χ3n) is 5.66. The molecule has 3 N–H and O–H groups in total. The number of hydrogen-bond donors (Lipinski definition) is 3. The molecule has 6 heteroatoms.